The maximum Gasteiger partial charge on any atom is 0.273 e. The van der Waals surface area contributed by atoms with Gasteiger partial charge in [0.25, 0.3) is 5.69 Å². The molecule has 1 saturated heterocycles. The highest BCUT2D eigenvalue weighted by Crippen LogP contribution is 2.30. The number of nitro benzene ring substituents is 1. The van der Waals surface area contributed by atoms with Crippen LogP contribution in [0.2, 0.25) is 0 Å². The second-order valence-electron chi connectivity index (χ2n) is 4.41. The molecule has 2 rings (SSSR count). The zero-order valence-electron chi connectivity index (χ0n) is 10.6. The lowest BCUT2D eigenvalue weighted by atomic mass is 10.1. The molecule has 1 aliphatic rings. The number of non-ortho nitro benzene ring substituents is 1. The van der Waals surface area contributed by atoms with Gasteiger partial charge in [-0.15, -0.1) is 0 Å². The number of rotatable bonds is 4. The smallest absolute Gasteiger partial charge is 0.273 e. The molecule has 0 unspecified atom stereocenters. The van der Waals surface area contributed by atoms with Crippen LogP contribution in [0.4, 0.5) is 11.4 Å². The van der Waals surface area contributed by atoms with E-state index in [9.17, 15) is 14.3 Å². The normalized spacial score (nSPS) is 22.8. The summed E-state index contributed by atoms with van der Waals surface area (Å²) in [6, 6.07) is 4.76. The molecule has 1 aromatic rings. The molecule has 1 N–H and O–H groups in total. The van der Waals surface area contributed by atoms with Crippen molar-refractivity contribution >= 4 is 22.2 Å². The first-order chi connectivity index (χ1) is 9.10. The van der Waals surface area contributed by atoms with E-state index in [-0.39, 0.29) is 11.7 Å². The van der Waals surface area contributed by atoms with Crippen molar-refractivity contribution in [3.8, 4) is 5.75 Å². The minimum atomic E-state index is -0.696. The molecule has 19 heavy (non-hydrogen) atoms. The van der Waals surface area contributed by atoms with Crippen molar-refractivity contribution in [2.75, 3.05) is 23.9 Å². The molecule has 0 spiro atoms. The number of benzene rings is 1. The maximum absolute atomic E-state index is 11.3. The van der Waals surface area contributed by atoms with Crippen LogP contribution in [-0.4, -0.2) is 33.8 Å². The van der Waals surface area contributed by atoms with Crippen LogP contribution in [0, 0.1) is 10.1 Å². The van der Waals surface area contributed by atoms with Crippen molar-refractivity contribution in [1.29, 1.82) is 0 Å². The molecule has 104 valence electrons. The summed E-state index contributed by atoms with van der Waals surface area (Å²) in [5.41, 5.74) is 0.748. The number of methoxy groups -OCH3 is 1. The van der Waals surface area contributed by atoms with Gasteiger partial charge in [-0.05, 0) is 18.9 Å². The number of nitrogens with one attached hydrogen (secondary N) is 1. The van der Waals surface area contributed by atoms with E-state index in [1.165, 1.54) is 19.2 Å². The van der Waals surface area contributed by atoms with E-state index in [0.29, 0.717) is 17.3 Å². The summed E-state index contributed by atoms with van der Waals surface area (Å²) in [5, 5.41) is 14.0. The third-order valence-electron chi connectivity index (χ3n) is 3.14. The number of hydrogen-bond donors (Lipinski definition) is 1. The van der Waals surface area contributed by atoms with E-state index in [0.717, 1.165) is 18.5 Å². The number of ether oxygens (including phenoxy) is 1. The van der Waals surface area contributed by atoms with Gasteiger partial charge < -0.3 is 10.1 Å². The summed E-state index contributed by atoms with van der Waals surface area (Å²) in [6.45, 7) is 0. The molecule has 0 atom stereocenters. The molecule has 1 fully saturated rings. The van der Waals surface area contributed by atoms with Gasteiger partial charge in [0.15, 0.2) is 0 Å². The molecule has 7 heteroatoms. The van der Waals surface area contributed by atoms with Gasteiger partial charge in [0.1, 0.15) is 5.75 Å². The molecule has 6 nitrogen and oxygen atoms in total. The second-order valence-corrected chi connectivity index (χ2v) is 6.10. The summed E-state index contributed by atoms with van der Waals surface area (Å²) < 4.78 is 16.5. The summed E-state index contributed by atoms with van der Waals surface area (Å²) in [4.78, 5) is 10.3. The van der Waals surface area contributed by atoms with Crippen molar-refractivity contribution in [3.63, 3.8) is 0 Å². The van der Waals surface area contributed by atoms with Crippen LogP contribution in [0.15, 0.2) is 18.2 Å². The molecule has 0 radical (unpaired) electrons. The van der Waals surface area contributed by atoms with Gasteiger partial charge in [0, 0.05) is 34.4 Å². The number of hydrogen-bond acceptors (Lipinski definition) is 5. The Bertz CT molecular complexity index is 497. The number of anilines is 1. The summed E-state index contributed by atoms with van der Waals surface area (Å²) in [5.74, 6) is 1.86. The fourth-order valence-corrected chi connectivity index (χ4v) is 3.37. The third kappa shape index (κ3) is 3.44. The van der Waals surface area contributed by atoms with Crippen LogP contribution in [0.1, 0.15) is 12.8 Å². The van der Waals surface area contributed by atoms with Gasteiger partial charge in [0.2, 0.25) is 0 Å². The van der Waals surface area contributed by atoms with Gasteiger partial charge in [-0.25, -0.2) is 0 Å². The van der Waals surface area contributed by atoms with E-state index in [1.54, 1.807) is 6.07 Å². The van der Waals surface area contributed by atoms with E-state index in [1.807, 2.05) is 0 Å². The molecule has 0 saturated carbocycles. The highest BCUT2D eigenvalue weighted by Gasteiger charge is 2.19. The van der Waals surface area contributed by atoms with Crippen LogP contribution in [0.3, 0.4) is 0 Å². The summed E-state index contributed by atoms with van der Waals surface area (Å²) in [6.07, 6.45) is 1.68. The Balaban J connectivity index is 2.11. The average Bonchev–Trinajstić information content (AvgIpc) is 2.41. The summed E-state index contributed by atoms with van der Waals surface area (Å²) in [7, 11) is 0.790. The minimum Gasteiger partial charge on any atom is -0.494 e. The standard InChI is InChI=1S/C12H16N2O4S/c1-18-12-8-10(14(15)16)2-3-11(12)13-9-4-6-19(17)7-5-9/h2-3,8-9,13H,4-7H2,1H3. The van der Waals surface area contributed by atoms with Crippen molar-refractivity contribution in [2.24, 2.45) is 0 Å². The first-order valence-electron chi connectivity index (χ1n) is 6.04. The van der Waals surface area contributed by atoms with Crippen molar-refractivity contribution in [1.82, 2.24) is 0 Å². The Morgan fingerprint density at radius 1 is 1.42 bits per heavy atom. The van der Waals surface area contributed by atoms with Crippen LogP contribution < -0.4 is 10.1 Å². The largest absolute Gasteiger partial charge is 0.494 e. The predicted molar refractivity (Wildman–Crippen MR) is 74.2 cm³/mol. The zero-order chi connectivity index (χ0) is 13.8. The zero-order valence-corrected chi connectivity index (χ0v) is 11.4. The monoisotopic (exact) mass is 284 g/mol. The molecular weight excluding hydrogens is 268 g/mol. The molecule has 0 aromatic heterocycles. The Morgan fingerprint density at radius 3 is 2.68 bits per heavy atom. The van der Waals surface area contributed by atoms with E-state index < -0.39 is 15.7 Å². The molecule has 1 aromatic carbocycles. The van der Waals surface area contributed by atoms with Crippen LogP contribution >= 0.6 is 0 Å². The fraction of sp³-hybridized carbons (Fsp3) is 0.500. The third-order valence-corrected chi connectivity index (χ3v) is 4.53. The maximum atomic E-state index is 11.3. The molecule has 0 amide bonds. The number of nitro groups is 1. The van der Waals surface area contributed by atoms with Crippen molar-refractivity contribution < 1.29 is 13.9 Å². The second kappa shape index (κ2) is 6.01. The molecule has 1 aliphatic heterocycles. The van der Waals surface area contributed by atoms with Gasteiger partial charge >= 0.3 is 0 Å². The Hall–Kier alpha value is -1.63. The van der Waals surface area contributed by atoms with Gasteiger partial charge in [-0.3, -0.25) is 14.3 Å². The van der Waals surface area contributed by atoms with E-state index in [2.05, 4.69) is 5.32 Å². The van der Waals surface area contributed by atoms with Crippen LogP contribution in [-0.2, 0) is 10.8 Å². The first-order valence-corrected chi connectivity index (χ1v) is 7.53. The molecule has 1 heterocycles. The molecule has 0 aliphatic carbocycles. The average molecular weight is 284 g/mol. The number of nitrogens with zero attached hydrogens (tertiary/aromatic N) is 1. The van der Waals surface area contributed by atoms with E-state index >= 15 is 0 Å². The minimum absolute atomic E-state index is 0.00662. The van der Waals surface area contributed by atoms with E-state index in [4.69, 9.17) is 4.74 Å². The highest BCUT2D eigenvalue weighted by molar-refractivity contribution is 7.85. The van der Waals surface area contributed by atoms with Gasteiger partial charge in [0.05, 0.1) is 23.8 Å². The first kappa shape index (κ1) is 13.8. The highest BCUT2D eigenvalue weighted by atomic mass is 32.2. The lowest BCUT2D eigenvalue weighted by Crippen LogP contribution is -2.29. The Kier molecular flexibility index (Phi) is 4.36. The Labute approximate surface area is 113 Å². The Morgan fingerprint density at radius 2 is 2.11 bits per heavy atom. The lowest BCUT2D eigenvalue weighted by Gasteiger charge is -2.24. The van der Waals surface area contributed by atoms with Crippen molar-refractivity contribution in [3.05, 3.63) is 28.3 Å². The molecular formula is C12H16N2O4S. The van der Waals surface area contributed by atoms with Crippen molar-refractivity contribution in [2.45, 2.75) is 18.9 Å². The lowest BCUT2D eigenvalue weighted by molar-refractivity contribution is -0.384. The fourth-order valence-electron chi connectivity index (χ4n) is 2.07. The summed E-state index contributed by atoms with van der Waals surface area (Å²) >= 11 is 0. The quantitative estimate of drug-likeness (QED) is 0.675. The van der Waals surface area contributed by atoms with Crippen LogP contribution in [0.25, 0.3) is 0 Å². The van der Waals surface area contributed by atoms with Gasteiger partial charge in [-0.1, -0.05) is 0 Å². The topological polar surface area (TPSA) is 81.5 Å². The van der Waals surface area contributed by atoms with Crippen LogP contribution in [0.5, 0.6) is 5.75 Å². The van der Waals surface area contributed by atoms with Gasteiger partial charge in [-0.2, -0.15) is 0 Å². The SMILES string of the molecule is COc1cc([N+](=O)[O-])ccc1NC1CCS(=O)CC1. The predicted octanol–water partition coefficient (Wildman–Crippen LogP) is 1.93. The molecule has 0 bridgehead atoms.